The SMILES string of the molecule is O=C(N/N=C\c1cc([N+](=O)[O-])ccc1Cl)c1cc(Br)cc(Br)c1O. The summed E-state index contributed by atoms with van der Waals surface area (Å²) < 4.78 is 0.927. The van der Waals surface area contributed by atoms with Crippen LogP contribution in [0.25, 0.3) is 0 Å². The molecule has 0 aliphatic rings. The first-order valence-corrected chi connectivity index (χ1v) is 8.21. The lowest BCUT2D eigenvalue weighted by atomic mass is 10.2. The lowest BCUT2D eigenvalue weighted by Gasteiger charge is -2.06. The van der Waals surface area contributed by atoms with E-state index in [9.17, 15) is 20.0 Å². The lowest BCUT2D eigenvalue weighted by Crippen LogP contribution is -2.18. The molecule has 7 nitrogen and oxygen atoms in total. The van der Waals surface area contributed by atoms with Crippen LogP contribution in [-0.4, -0.2) is 22.2 Å². The van der Waals surface area contributed by atoms with E-state index in [1.54, 1.807) is 6.07 Å². The lowest BCUT2D eigenvalue weighted by molar-refractivity contribution is -0.384. The van der Waals surface area contributed by atoms with Gasteiger partial charge in [-0.3, -0.25) is 14.9 Å². The highest BCUT2D eigenvalue weighted by atomic mass is 79.9. The predicted molar refractivity (Wildman–Crippen MR) is 96.7 cm³/mol. The molecular formula is C14H8Br2ClN3O4. The molecular weight excluding hydrogens is 469 g/mol. The third kappa shape index (κ3) is 4.31. The standard InChI is InChI=1S/C14H8Br2ClN3O4/c15-8-4-10(13(21)11(16)5-8)14(22)19-18-6-7-3-9(20(23)24)1-2-12(7)17/h1-6,21H,(H,19,22)/b18-6-. The quantitative estimate of drug-likeness (QED) is 0.390. The first-order chi connectivity index (χ1) is 11.3. The number of nitro benzene ring substituents is 1. The van der Waals surface area contributed by atoms with Crippen LogP contribution in [0.15, 0.2) is 44.4 Å². The number of hydrazone groups is 1. The van der Waals surface area contributed by atoms with Crippen molar-refractivity contribution in [3.8, 4) is 5.75 Å². The number of aromatic hydroxyl groups is 1. The largest absolute Gasteiger partial charge is 0.506 e. The van der Waals surface area contributed by atoms with Gasteiger partial charge in [-0.1, -0.05) is 27.5 Å². The molecule has 0 aliphatic heterocycles. The number of phenolic OH excluding ortho intramolecular Hbond substituents is 1. The molecule has 0 atom stereocenters. The molecule has 0 radical (unpaired) electrons. The zero-order valence-corrected chi connectivity index (χ0v) is 15.6. The molecule has 0 heterocycles. The van der Waals surface area contributed by atoms with Crippen LogP contribution in [0.3, 0.4) is 0 Å². The maximum atomic E-state index is 12.1. The highest BCUT2D eigenvalue weighted by Crippen LogP contribution is 2.31. The Hall–Kier alpha value is -1.97. The number of phenols is 1. The first kappa shape index (κ1) is 18.4. The molecule has 2 aromatic carbocycles. The Bertz CT molecular complexity index is 858. The number of non-ortho nitro benzene ring substituents is 1. The van der Waals surface area contributed by atoms with Gasteiger partial charge in [0.15, 0.2) is 0 Å². The maximum absolute atomic E-state index is 12.1. The van der Waals surface area contributed by atoms with Gasteiger partial charge in [0.25, 0.3) is 11.6 Å². The molecule has 0 saturated carbocycles. The molecule has 24 heavy (non-hydrogen) atoms. The minimum atomic E-state index is -0.660. The molecule has 0 fully saturated rings. The third-order valence-corrected chi connectivity index (χ3v) is 4.24. The van der Waals surface area contributed by atoms with Crippen molar-refractivity contribution in [1.82, 2.24) is 5.43 Å². The Morgan fingerprint density at radius 3 is 2.71 bits per heavy atom. The van der Waals surface area contributed by atoms with E-state index in [1.807, 2.05) is 0 Å². The highest BCUT2D eigenvalue weighted by Gasteiger charge is 2.14. The summed E-state index contributed by atoms with van der Waals surface area (Å²) >= 11 is 12.3. The zero-order valence-electron chi connectivity index (χ0n) is 11.7. The number of amides is 1. The summed E-state index contributed by atoms with van der Waals surface area (Å²) in [6.45, 7) is 0. The van der Waals surface area contributed by atoms with Crippen molar-refractivity contribution in [3.63, 3.8) is 0 Å². The van der Waals surface area contributed by atoms with Crippen molar-refractivity contribution in [1.29, 1.82) is 0 Å². The van der Waals surface area contributed by atoms with E-state index in [4.69, 9.17) is 11.6 Å². The van der Waals surface area contributed by atoms with E-state index in [-0.39, 0.29) is 27.6 Å². The van der Waals surface area contributed by atoms with Gasteiger partial charge in [0.2, 0.25) is 0 Å². The molecule has 0 bridgehead atoms. The fourth-order valence-corrected chi connectivity index (χ4v) is 3.09. The van der Waals surface area contributed by atoms with E-state index in [1.165, 1.54) is 30.5 Å². The van der Waals surface area contributed by atoms with Gasteiger partial charge >= 0.3 is 0 Å². The summed E-state index contributed by atoms with van der Waals surface area (Å²) in [5.74, 6) is -0.897. The number of carbonyl (C=O) groups excluding carboxylic acids is 1. The highest BCUT2D eigenvalue weighted by molar-refractivity contribution is 9.11. The van der Waals surface area contributed by atoms with Gasteiger partial charge < -0.3 is 5.11 Å². The Morgan fingerprint density at radius 1 is 1.33 bits per heavy atom. The normalized spacial score (nSPS) is 10.8. The number of benzene rings is 2. The van der Waals surface area contributed by atoms with Crippen LogP contribution in [-0.2, 0) is 0 Å². The van der Waals surface area contributed by atoms with Gasteiger partial charge in [-0.2, -0.15) is 5.10 Å². The summed E-state index contributed by atoms with van der Waals surface area (Å²) in [6.07, 6.45) is 1.18. The minimum Gasteiger partial charge on any atom is -0.506 e. The van der Waals surface area contributed by atoms with Crippen LogP contribution in [0.1, 0.15) is 15.9 Å². The summed E-state index contributed by atoms with van der Waals surface area (Å²) in [5.41, 5.74) is 2.33. The number of nitrogens with zero attached hydrogens (tertiary/aromatic N) is 2. The summed E-state index contributed by atoms with van der Waals surface area (Å²) in [4.78, 5) is 22.2. The second kappa shape index (κ2) is 7.73. The number of rotatable bonds is 4. The second-order valence-corrected chi connectivity index (χ2v) is 6.62. The van der Waals surface area contributed by atoms with Crippen molar-refractivity contribution in [2.24, 2.45) is 5.10 Å². The van der Waals surface area contributed by atoms with E-state index in [0.717, 1.165) is 0 Å². The summed E-state index contributed by atoms with van der Waals surface area (Å²) in [7, 11) is 0. The smallest absolute Gasteiger partial charge is 0.275 e. The Labute approximate surface area is 157 Å². The predicted octanol–water partition coefficient (Wildman–Crippen LogP) is 4.24. The molecule has 2 aromatic rings. The summed E-state index contributed by atoms with van der Waals surface area (Å²) in [5, 5.41) is 24.6. The van der Waals surface area contributed by atoms with Crippen molar-refractivity contribution < 1.29 is 14.8 Å². The Kier molecular flexibility index (Phi) is 5.92. The fraction of sp³-hybridized carbons (Fsp3) is 0. The van der Waals surface area contributed by atoms with Gasteiger partial charge in [0.1, 0.15) is 5.75 Å². The van der Waals surface area contributed by atoms with Crippen LogP contribution < -0.4 is 5.43 Å². The Balaban J connectivity index is 2.19. The van der Waals surface area contributed by atoms with Gasteiger partial charge in [-0.15, -0.1) is 0 Å². The average molecular weight is 477 g/mol. The average Bonchev–Trinajstić information content (AvgIpc) is 2.52. The molecule has 0 saturated heterocycles. The van der Waals surface area contributed by atoms with Gasteiger partial charge in [-0.05, 0) is 34.1 Å². The number of hydrogen-bond acceptors (Lipinski definition) is 5. The zero-order chi connectivity index (χ0) is 17.9. The van der Waals surface area contributed by atoms with E-state index in [0.29, 0.717) is 8.95 Å². The Morgan fingerprint density at radius 2 is 2.04 bits per heavy atom. The van der Waals surface area contributed by atoms with Crippen LogP contribution in [0.4, 0.5) is 5.69 Å². The van der Waals surface area contributed by atoms with Crippen LogP contribution in [0.5, 0.6) is 5.75 Å². The van der Waals surface area contributed by atoms with Crippen LogP contribution in [0, 0.1) is 10.1 Å². The number of carbonyl (C=O) groups is 1. The summed E-state index contributed by atoms with van der Waals surface area (Å²) in [6, 6.07) is 6.85. The van der Waals surface area contributed by atoms with Crippen molar-refractivity contribution >= 4 is 61.3 Å². The van der Waals surface area contributed by atoms with Crippen LogP contribution >= 0.6 is 43.5 Å². The molecule has 2 rings (SSSR count). The number of hydrogen-bond donors (Lipinski definition) is 2. The fourth-order valence-electron chi connectivity index (χ4n) is 1.70. The molecule has 124 valence electrons. The number of nitrogens with one attached hydrogen (secondary N) is 1. The number of nitro groups is 1. The first-order valence-electron chi connectivity index (χ1n) is 6.25. The van der Waals surface area contributed by atoms with E-state index < -0.39 is 10.8 Å². The van der Waals surface area contributed by atoms with E-state index in [2.05, 4.69) is 42.4 Å². The molecule has 0 aromatic heterocycles. The van der Waals surface area contributed by atoms with Crippen molar-refractivity contribution in [3.05, 3.63) is 65.5 Å². The van der Waals surface area contributed by atoms with Crippen molar-refractivity contribution in [2.45, 2.75) is 0 Å². The number of halogens is 3. The molecule has 0 spiro atoms. The van der Waals surface area contributed by atoms with Gasteiger partial charge in [0.05, 0.1) is 21.2 Å². The van der Waals surface area contributed by atoms with Gasteiger partial charge in [0, 0.05) is 27.2 Å². The van der Waals surface area contributed by atoms with Crippen LogP contribution in [0.2, 0.25) is 5.02 Å². The van der Waals surface area contributed by atoms with Crippen molar-refractivity contribution in [2.75, 3.05) is 0 Å². The molecule has 10 heteroatoms. The molecule has 0 aliphatic carbocycles. The maximum Gasteiger partial charge on any atom is 0.275 e. The topological polar surface area (TPSA) is 105 Å². The second-order valence-electron chi connectivity index (χ2n) is 4.45. The molecule has 1 amide bonds. The van der Waals surface area contributed by atoms with Gasteiger partial charge in [-0.25, -0.2) is 5.43 Å². The van der Waals surface area contributed by atoms with E-state index >= 15 is 0 Å². The molecule has 0 unspecified atom stereocenters. The minimum absolute atomic E-state index is 0.00135. The molecule has 2 N–H and O–H groups in total. The third-order valence-electron chi connectivity index (χ3n) is 2.83. The monoisotopic (exact) mass is 475 g/mol.